The summed E-state index contributed by atoms with van der Waals surface area (Å²) in [5.74, 6) is -0.349. The lowest BCUT2D eigenvalue weighted by Crippen LogP contribution is -2.18. The minimum atomic E-state index is -3.71. The van der Waals surface area contributed by atoms with Crippen molar-refractivity contribution < 1.29 is 18.3 Å². The summed E-state index contributed by atoms with van der Waals surface area (Å²) in [6.45, 7) is 1.88. The fourth-order valence-corrected chi connectivity index (χ4v) is 3.51. The molecule has 0 aliphatic heterocycles. The highest BCUT2D eigenvalue weighted by atomic mass is 32.2. The summed E-state index contributed by atoms with van der Waals surface area (Å²) in [4.78, 5) is 12.3. The summed E-state index contributed by atoms with van der Waals surface area (Å²) < 4.78 is 27.3. The molecular weight excluding hydrogens is 390 g/mol. The minimum Gasteiger partial charge on any atom is -0.508 e. The molecule has 3 N–H and O–H groups in total. The van der Waals surface area contributed by atoms with Gasteiger partial charge in [0.25, 0.3) is 15.9 Å². The van der Waals surface area contributed by atoms with E-state index in [1.165, 1.54) is 54.7 Å². The lowest BCUT2D eigenvalue weighted by molar-refractivity contribution is 0.0955. The second-order valence-corrected chi connectivity index (χ2v) is 7.97. The minimum absolute atomic E-state index is 0.101. The van der Waals surface area contributed by atoms with Gasteiger partial charge in [0.1, 0.15) is 5.75 Å². The van der Waals surface area contributed by atoms with Gasteiger partial charge in [0, 0.05) is 11.3 Å². The van der Waals surface area contributed by atoms with Gasteiger partial charge in [-0.3, -0.25) is 9.52 Å². The Hall–Kier alpha value is -3.65. The number of benzene rings is 3. The quantitative estimate of drug-likeness (QED) is 0.429. The molecule has 0 aliphatic rings. The number of phenols is 1. The third-order valence-electron chi connectivity index (χ3n) is 3.98. The van der Waals surface area contributed by atoms with Gasteiger partial charge in [-0.15, -0.1) is 0 Å². The van der Waals surface area contributed by atoms with Crippen LogP contribution in [0.3, 0.4) is 0 Å². The molecule has 8 heteroatoms. The number of rotatable bonds is 6. The van der Waals surface area contributed by atoms with Gasteiger partial charge in [-0.2, -0.15) is 5.10 Å². The largest absolute Gasteiger partial charge is 0.508 e. The molecule has 3 aromatic carbocycles. The van der Waals surface area contributed by atoms with E-state index in [9.17, 15) is 18.3 Å². The fraction of sp³-hybridized carbons (Fsp3) is 0.0476. The lowest BCUT2D eigenvalue weighted by Gasteiger charge is -2.09. The van der Waals surface area contributed by atoms with E-state index >= 15 is 0 Å². The van der Waals surface area contributed by atoms with E-state index in [0.29, 0.717) is 16.8 Å². The molecule has 29 heavy (non-hydrogen) atoms. The predicted molar refractivity (Wildman–Crippen MR) is 112 cm³/mol. The summed E-state index contributed by atoms with van der Waals surface area (Å²) in [5.41, 5.74) is 4.62. The van der Waals surface area contributed by atoms with Crippen molar-refractivity contribution in [3.8, 4) is 5.75 Å². The molecule has 0 radical (unpaired) electrons. The Morgan fingerprint density at radius 3 is 2.34 bits per heavy atom. The van der Waals surface area contributed by atoms with Crippen molar-refractivity contribution in [3.63, 3.8) is 0 Å². The number of carbonyl (C=O) groups is 1. The predicted octanol–water partition coefficient (Wildman–Crippen LogP) is 3.27. The number of nitrogens with one attached hydrogen (secondary N) is 2. The van der Waals surface area contributed by atoms with Crippen molar-refractivity contribution in [3.05, 3.63) is 89.5 Å². The van der Waals surface area contributed by atoms with Crippen molar-refractivity contribution in [1.29, 1.82) is 0 Å². The van der Waals surface area contributed by atoms with Crippen LogP contribution in [0.25, 0.3) is 0 Å². The van der Waals surface area contributed by atoms with Crippen LogP contribution in [-0.4, -0.2) is 25.6 Å². The maximum Gasteiger partial charge on any atom is 0.271 e. The Morgan fingerprint density at radius 2 is 1.69 bits per heavy atom. The number of sulfonamides is 1. The number of hydrogen-bond acceptors (Lipinski definition) is 5. The molecule has 3 aromatic rings. The summed E-state index contributed by atoms with van der Waals surface area (Å²) in [6.07, 6.45) is 1.40. The van der Waals surface area contributed by atoms with Gasteiger partial charge in [-0.05, 0) is 61.0 Å². The van der Waals surface area contributed by atoms with Crippen molar-refractivity contribution in [2.24, 2.45) is 5.10 Å². The zero-order valence-electron chi connectivity index (χ0n) is 15.5. The monoisotopic (exact) mass is 409 g/mol. The van der Waals surface area contributed by atoms with Gasteiger partial charge in [0.15, 0.2) is 0 Å². The fourth-order valence-electron chi connectivity index (χ4n) is 2.46. The van der Waals surface area contributed by atoms with Crippen LogP contribution in [0.4, 0.5) is 5.69 Å². The molecule has 0 saturated heterocycles. The molecular formula is C21H19N3O4S. The van der Waals surface area contributed by atoms with E-state index in [1.807, 2.05) is 6.92 Å². The Bertz CT molecular complexity index is 1140. The van der Waals surface area contributed by atoms with Gasteiger partial charge in [-0.25, -0.2) is 13.8 Å². The molecule has 0 saturated carbocycles. The van der Waals surface area contributed by atoms with Gasteiger partial charge in [0.05, 0.1) is 11.1 Å². The number of hydrogen-bond donors (Lipinski definition) is 3. The smallest absolute Gasteiger partial charge is 0.271 e. The first-order chi connectivity index (χ1) is 13.8. The molecule has 0 heterocycles. The second-order valence-electron chi connectivity index (χ2n) is 6.29. The van der Waals surface area contributed by atoms with Crippen LogP contribution in [0, 0.1) is 6.92 Å². The molecule has 0 aromatic heterocycles. The average molecular weight is 409 g/mol. The highest BCUT2D eigenvalue weighted by molar-refractivity contribution is 7.92. The van der Waals surface area contributed by atoms with E-state index in [0.717, 1.165) is 5.56 Å². The maximum atomic E-state index is 12.4. The SMILES string of the molecule is Cc1ccc(S(=O)(=O)Nc2ccc(C(=O)N/N=C/c3cccc(O)c3)cc2)cc1. The first kappa shape index (κ1) is 20.1. The summed E-state index contributed by atoms with van der Waals surface area (Å²) in [5, 5.41) is 13.2. The summed E-state index contributed by atoms with van der Waals surface area (Å²) >= 11 is 0. The van der Waals surface area contributed by atoms with E-state index in [-0.39, 0.29) is 10.6 Å². The summed E-state index contributed by atoms with van der Waals surface area (Å²) in [6, 6.07) is 18.9. The number of aromatic hydroxyl groups is 1. The van der Waals surface area contributed by atoms with Gasteiger partial charge in [0.2, 0.25) is 0 Å². The molecule has 0 aliphatic carbocycles. The number of carbonyl (C=O) groups excluding carboxylic acids is 1. The molecule has 148 valence electrons. The Kier molecular flexibility index (Phi) is 5.94. The standard InChI is InChI=1S/C21H19N3O4S/c1-15-5-11-20(12-6-15)29(27,28)24-18-9-7-17(8-10-18)21(26)23-22-14-16-3-2-4-19(25)13-16/h2-14,24-25H,1H3,(H,23,26)/b22-14+. The van der Waals surface area contributed by atoms with Crippen molar-refractivity contribution in [2.75, 3.05) is 4.72 Å². The summed E-state index contributed by atoms with van der Waals surface area (Å²) in [7, 11) is -3.71. The Morgan fingerprint density at radius 1 is 1.00 bits per heavy atom. The number of anilines is 1. The third-order valence-corrected chi connectivity index (χ3v) is 5.38. The maximum absolute atomic E-state index is 12.4. The topological polar surface area (TPSA) is 108 Å². The zero-order valence-corrected chi connectivity index (χ0v) is 16.3. The van der Waals surface area contributed by atoms with Crippen molar-refractivity contribution >= 4 is 27.8 Å². The first-order valence-electron chi connectivity index (χ1n) is 8.65. The third kappa shape index (κ3) is 5.43. The van der Waals surface area contributed by atoms with Crippen LogP contribution in [0.1, 0.15) is 21.5 Å². The van der Waals surface area contributed by atoms with Crippen LogP contribution in [0.5, 0.6) is 5.75 Å². The van der Waals surface area contributed by atoms with Crippen molar-refractivity contribution in [2.45, 2.75) is 11.8 Å². The van der Waals surface area contributed by atoms with Gasteiger partial charge < -0.3 is 5.11 Å². The number of phenolic OH excluding ortho intramolecular Hbond substituents is 1. The average Bonchev–Trinajstić information content (AvgIpc) is 2.68. The molecule has 1 amide bonds. The van der Waals surface area contributed by atoms with Crippen LogP contribution in [0.2, 0.25) is 0 Å². The Balaban J connectivity index is 1.63. The zero-order chi connectivity index (χ0) is 20.9. The molecule has 0 atom stereocenters. The van der Waals surface area contributed by atoms with Crippen molar-refractivity contribution in [1.82, 2.24) is 5.43 Å². The van der Waals surface area contributed by atoms with Crippen LogP contribution >= 0.6 is 0 Å². The molecule has 7 nitrogen and oxygen atoms in total. The lowest BCUT2D eigenvalue weighted by atomic mass is 10.2. The number of amides is 1. The molecule has 0 bridgehead atoms. The van der Waals surface area contributed by atoms with E-state index < -0.39 is 15.9 Å². The van der Waals surface area contributed by atoms with E-state index in [4.69, 9.17) is 0 Å². The molecule has 0 fully saturated rings. The van der Waals surface area contributed by atoms with E-state index in [1.54, 1.807) is 24.3 Å². The number of nitrogens with zero attached hydrogens (tertiary/aromatic N) is 1. The van der Waals surface area contributed by atoms with Crippen LogP contribution in [-0.2, 0) is 10.0 Å². The van der Waals surface area contributed by atoms with E-state index in [2.05, 4.69) is 15.2 Å². The molecule has 3 rings (SSSR count). The van der Waals surface area contributed by atoms with Crippen LogP contribution < -0.4 is 10.1 Å². The number of hydrazone groups is 1. The van der Waals surface area contributed by atoms with Crippen LogP contribution in [0.15, 0.2) is 82.8 Å². The van der Waals surface area contributed by atoms with Gasteiger partial charge in [-0.1, -0.05) is 29.8 Å². The highest BCUT2D eigenvalue weighted by Crippen LogP contribution is 2.17. The Labute approximate surface area is 168 Å². The normalized spacial score (nSPS) is 11.3. The highest BCUT2D eigenvalue weighted by Gasteiger charge is 2.14. The molecule has 0 unspecified atom stereocenters. The molecule has 0 spiro atoms. The first-order valence-corrected chi connectivity index (χ1v) is 10.1. The van der Waals surface area contributed by atoms with Gasteiger partial charge >= 0.3 is 0 Å². The number of aryl methyl sites for hydroxylation is 1. The second kappa shape index (κ2) is 8.57.